The molecule has 1 aliphatic heterocycles. The van der Waals surface area contributed by atoms with Gasteiger partial charge in [-0.3, -0.25) is 4.79 Å². The molecule has 3 heterocycles. The first-order valence-electron chi connectivity index (χ1n) is 9.79. The van der Waals surface area contributed by atoms with Crippen LogP contribution in [-0.4, -0.2) is 23.2 Å². The summed E-state index contributed by atoms with van der Waals surface area (Å²) in [7, 11) is 0. The first kappa shape index (κ1) is 17.6. The highest BCUT2D eigenvalue weighted by molar-refractivity contribution is 7.18. The second kappa shape index (κ2) is 6.81. The van der Waals surface area contributed by atoms with Crippen molar-refractivity contribution in [2.75, 3.05) is 18.5 Å². The summed E-state index contributed by atoms with van der Waals surface area (Å²) in [5.41, 5.74) is 2.09. The summed E-state index contributed by atoms with van der Waals surface area (Å²) in [6, 6.07) is 5.63. The lowest BCUT2D eigenvalue weighted by Crippen LogP contribution is -2.19. The van der Waals surface area contributed by atoms with E-state index in [2.05, 4.69) is 17.2 Å². The quantitative estimate of drug-likeness (QED) is 0.697. The number of fused-ring (bicyclic) bond motifs is 4. The molecule has 0 saturated heterocycles. The molecule has 146 valence electrons. The Hall–Kier alpha value is -2.54. The third kappa shape index (κ3) is 3.03. The Labute approximate surface area is 166 Å². The van der Waals surface area contributed by atoms with E-state index in [1.807, 2.05) is 25.1 Å². The minimum absolute atomic E-state index is 0.0251. The molecule has 1 aliphatic carbocycles. The summed E-state index contributed by atoms with van der Waals surface area (Å²) >= 11 is 1.68. The van der Waals surface area contributed by atoms with E-state index in [9.17, 15) is 4.79 Å². The molecule has 28 heavy (non-hydrogen) atoms. The summed E-state index contributed by atoms with van der Waals surface area (Å²) in [6.45, 7) is 5.40. The second-order valence-corrected chi connectivity index (χ2v) is 8.79. The van der Waals surface area contributed by atoms with Gasteiger partial charge in [-0.1, -0.05) is 6.92 Å². The van der Waals surface area contributed by atoms with Gasteiger partial charge in [-0.05, 0) is 49.8 Å². The number of aryl methyl sites for hydroxylation is 1. The summed E-state index contributed by atoms with van der Waals surface area (Å²) in [4.78, 5) is 22.8. The Morgan fingerprint density at radius 2 is 2.11 bits per heavy atom. The SMILES string of the molecule is C[C@H]1CCc2c(sc3nc([C@@H](C)Nc4ccc5c(c4)OCCO5)[nH]c(=O)c23)C1. The lowest BCUT2D eigenvalue weighted by atomic mass is 9.89. The number of thiophene rings is 1. The molecule has 0 fully saturated rings. The number of aromatic amines is 1. The highest BCUT2D eigenvalue weighted by Gasteiger charge is 2.24. The van der Waals surface area contributed by atoms with Gasteiger partial charge in [0, 0.05) is 16.6 Å². The average molecular weight is 398 g/mol. The Balaban J connectivity index is 1.45. The monoisotopic (exact) mass is 397 g/mol. The van der Waals surface area contributed by atoms with E-state index in [1.165, 1.54) is 10.4 Å². The van der Waals surface area contributed by atoms with Crippen molar-refractivity contribution in [1.82, 2.24) is 9.97 Å². The van der Waals surface area contributed by atoms with Gasteiger partial charge in [-0.25, -0.2) is 4.98 Å². The highest BCUT2D eigenvalue weighted by Crippen LogP contribution is 2.36. The summed E-state index contributed by atoms with van der Waals surface area (Å²) in [5.74, 6) is 2.82. The molecule has 6 nitrogen and oxygen atoms in total. The van der Waals surface area contributed by atoms with Gasteiger partial charge in [0.05, 0.1) is 11.4 Å². The van der Waals surface area contributed by atoms with E-state index in [-0.39, 0.29) is 11.6 Å². The number of anilines is 1. The van der Waals surface area contributed by atoms with Crippen LogP contribution in [0, 0.1) is 5.92 Å². The van der Waals surface area contributed by atoms with Crippen LogP contribution in [0.3, 0.4) is 0 Å². The Morgan fingerprint density at radius 3 is 2.96 bits per heavy atom. The summed E-state index contributed by atoms with van der Waals surface area (Å²) in [6.07, 6.45) is 3.17. The standard InChI is InChI=1S/C21H23N3O3S/c1-11-3-5-14-17(9-11)28-21-18(14)20(25)23-19(24-21)12(2)22-13-4-6-15-16(10-13)27-8-7-26-15/h4,6,10-12,22H,3,5,7-9H2,1-2H3,(H,23,24,25)/t11-,12+/m0/s1. The van der Waals surface area contributed by atoms with E-state index in [1.54, 1.807) is 11.3 Å². The number of benzene rings is 1. The molecule has 0 spiro atoms. The number of hydrogen-bond acceptors (Lipinski definition) is 6. The number of nitrogens with zero attached hydrogens (tertiary/aromatic N) is 1. The number of nitrogens with one attached hydrogen (secondary N) is 2. The third-order valence-corrected chi connectivity index (χ3v) is 6.67. The van der Waals surface area contributed by atoms with Crippen molar-refractivity contribution >= 4 is 27.2 Å². The fourth-order valence-electron chi connectivity index (χ4n) is 4.02. The van der Waals surface area contributed by atoms with Crippen LogP contribution in [0.2, 0.25) is 0 Å². The number of aromatic nitrogens is 2. The molecule has 2 aliphatic rings. The fourth-order valence-corrected chi connectivity index (χ4v) is 5.41. The molecular formula is C21H23N3O3S. The van der Waals surface area contributed by atoms with Crippen LogP contribution in [0.15, 0.2) is 23.0 Å². The molecule has 2 atom stereocenters. The molecule has 0 saturated carbocycles. The topological polar surface area (TPSA) is 76.2 Å². The molecule has 0 bridgehead atoms. The lowest BCUT2D eigenvalue weighted by molar-refractivity contribution is 0.171. The third-order valence-electron chi connectivity index (χ3n) is 5.52. The first-order valence-corrected chi connectivity index (χ1v) is 10.6. The van der Waals surface area contributed by atoms with Gasteiger partial charge in [-0.15, -0.1) is 11.3 Å². The zero-order valence-corrected chi connectivity index (χ0v) is 16.8. The molecule has 0 amide bonds. The maximum absolute atomic E-state index is 12.8. The molecule has 2 aromatic heterocycles. The largest absolute Gasteiger partial charge is 0.486 e. The van der Waals surface area contributed by atoms with E-state index in [4.69, 9.17) is 14.5 Å². The van der Waals surface area contributed by atoms with Crippen molar-refractivity contribution in [3.05, 3.63) is 44.8 Å². The van der Waals surface area contributed by atoms with E-state index < -0.39 is 0 Å². The van der Waals surface area contributed by atoms with Gasteiger partial charge >= 0.3 is 0 Å². The molecule has 2 N–H and O–H groups in total. The fraction of sp³-hybridized carbons (Fsp3) is 0.429. The van der Waals surface area contributed by atoms with Gasteiger partial charge in [0.2, 0.25) is 0 Å². The maximum atomic E-state index is 12.8. The zero-order chi connectivity index (χ0) is 19.3. The number of rotatable bonds is 3. The normalized spacial score (nSPS) is 19.3. The molecular weight excluding hydrogens is 374 g/mol. The van der Waals surface area contributed by atoms with Crippen molar-refractivity contribution in [2.45, 2.75) is 39.2 Å². The summed E-state index contributed by atoms with van der Waals surface area (Å²) in [5, 5.41) is 4.20. The Bertz CT molecular complexity index is 1100. The molecule has 5 rings (SSSR count). The van der Waals surface area contributed by atoms with Crippen molar-refractivity contribution in [1.29, 1.82) is 0 Å². The van der Waals surface area contributed by atoms with Crippen LogP contribution in [-0.2, 0) is 12.8 Å². The van der Waals surface area contributed by atoms with E-state index in [0.29, 0.717) is 25.0 Å². The van der Waals surface area contributed by atoms with Gasteiger partial charge in [0.15, 0.2) is 11.5 Å². The lowest BCUT2D eigenvalue weighted by Gasteiger charge is -2.20. The smallest absolute Gasteiger partial charge is 0.259 e. The van der Waals surface area contributed by atoms with Gasteiger partial charge in [0.25, 0.3) is 5.56 Å². The minimum Gasteiger partial charge on any atom is -0.486 e. The highest BCUT2D eigenvalue weighted by atomic mass is 32.1. The Morgan fingerprint density at radius 1 is 1.29 bits per heavy atom. The molecule has 1 aromatic carbocycles. The van der Waals surface area contributed by atoms with Crippen LogP contribution in [0.4, 0.5) is 5.69 Å². The van der Waals surface area contributed by atoms with Crippen LogP contribution < -0.4 is 20.3 Å². The number of ether oxygens (including phenoxy) is 2. The van der Waals surface area contributed by atoms with Gasteiger partial charge < -0.3 is 19.8 Å². The average Bonchev–Trinajstić information content (AvgIpc) is 3.05. The second-order valence-electron chi connectivity index (χ2n) is 7.71. The van der Waals surface area contributed by atoms with Gasteiger partial charge in [-0.2, -0.15) is 0 Å². The first-order chi connectivity index (χ1) is 13.6. The van der Waals surface area contributed by atoms with E-state index >= 15 is 0 Å². The number of H-pyrrole nitrogens is 1. The van der Waals surface area contributed by atoms with E-state index in [0.717, 1.165) is 46.7 Å². The predicted molar refractivity (Wildman–Crippen MR) is 111 cm³/mol. The zero-order valence-electron chi connectivity index (χ0n) is 16.0. The van der Waals surface area contributed by atoms with Crippen molar-refractivity contribution < 1.29 is 9.47 Å². The Kier molecular flexibility index (Phi) is 4.27. The van der Waals surface area contributed by atoms with Gasteiger partial charge in [0.1, 0.15) is 23.9 Å². The predicted octanol–water partition coefficient (Wildman–Crippen LogP) is 4.05. The summed E-state index contributed by atoms with van der Waals surface area (Å²) < 4.78 is 11.2. The maximum Gasteiger partial charge on any atom is 0.259 e. The van der Waals surface area contributed by atoms with Crippen LogP contribution >= 0.6 is 11.3 Å². The van der Waals surface area contributed by atoms with Crippen molar-refractivity contribution in [3.8, 4) is 11.5 Å². The minimum atomic E-state index is -0.141. The molecule has 0 unspecified atom stereocenters. The van der Waals surface area contributed by atoms with Crippen LogP contribution in [0.1, 0.15) is 42.6 Å². The molecule has 0 radical (unpaired) electrons. The van der Waals surface area contributed by atoms with Crippen LogP contribution in [0.5, 0.6) is 11.5 Å². The molecule has 3 aromatic rings. The van der Waals surface area contributed by atoms with Crippen molar-refractivity contribution in [3.63, 3.8) is 0 Å². The number of hydrogen-bond donors (Lipinski definition) is 2. The molecule has 7 heteroatoms. The van der Waals surface area contributed by atoms with Crippen molar-refractivity contribution in [2.24, 2.45) is 5.92 Å². The van der Waals surface area contributed by atoms with Crippen LogP contribution in [0.25, 0.3) is 10.2 Å².